The average molecular weight is 265 g/mol. The molecule has 2 heterocycles. The summed E-state index contributed by atoms with van der Waals surface area (Å²) in [5.74, 6) is 0.488. The summed E-state index contributed by atoms with van der Waals surface area (Å²) in [6.45, 7) is 3.85. The van der Waals surface area contributed by atoms with Crippen LogP contribution in [-0.2, 0) is 9.59 Å². The maximum atomic E-state index is 12.6. The van der Waals surface area contributed by atoms with Crippen molar-refractivity contribution < 1.29 is 9.59 Å². The molecule has 0 aromatic heterocycles. The van der Waals surface area contributed by atoms with Gasteiger partial charge in [0.2, 0.25) is 11.8 Å². The number of hydrogen-bond acceptors (Lipinski definition) is 3. The molecule has 3 rings (SSSR count). The molecule has 3 aliphatic rings. The fourth-order valence-corrected chi connectivity index (χ4v) is 3.57. The Morgan fingerprint density at radius 2 is 2.05 bits per heavy atom. The van der Waals surface area contributed by atoms with E-state index in [1.54, 1.807) is 9.80 Å². The van der Waals surface area contributed by atoms with Crippen molar-refractivity contribution in [3.63, 3.8) is 0 Å². The van der Waals surface area contributed by atoms with Crippen molar-refractivity contribution in [1.82, 2.24) is 15.1 Å². The molecule has 2 saturated heterocycles. The smallest absolute Gasteiger partial charge is 0.241 e. The molecule has 2 amide bonds. The molecule has 1 saturated carbocycles. The molecular weight excluding hydrogens is 242 g/mol. The van der Waals surface area contributed by atoms with Crippen LogP contribution < -0.4 is 5.32 Å². The predicted octanol–water partition coefficient (Wildman–Crippen LogP) is 0.0668. The number of carbonyl (C=O) groups is 2. The molecule has 1 spiro atoms. The minimum absolute atomic E-state index is 0.0749. The highest BCUT2D eigenvalue weighted by Gasteiger charge is 2.58. The number of hydrogen-bond donors (Lipinski definition) is 1. The lowest BCUT2D eigenvalue weighted by atomic mass is 9.91. The summed E-state index contributed by atoms with van der Waals surface area (Å²) in [6, 6.07) is 0. The average Bonchev–Trinajstić information content (AvgIpc) is 3.12. The minimum Gasteiger partial charge on any atom is -0.344 e. The van der Waals surface area contributed by atoms with Crippen molar-refractivity contribution in [3.8, 4) is 0 Å². The molecule has 106 valence electrons. The van der Waals surface area contributed by atoms with E-state index in [1.807, 2.05) is 7.05 Å². The second kappa shape index (κ2) is 4.78. The van der Waals surface area contributed by atoms with E-state index in [0.29, 0.717) is 0 Å². The molecule has 1 aliphatic carbocycles. The van der Waals surface area contributed by atoms with E-state index < -0.39 is 0 Å². The summed E-state index contributed by atoms with van der Waals surface area (Å²) < 4.78 is 0. The van der Waals surface area contributed by atoms with E-state index in [4.69, 9.17) is 0 Å². The first-order valence-electron chi connectivity index (χ1n) is 7.36. The van der Waals surface area contributed by atoms with Crippen LogP contribution in [0.15, 0.2) is 0 Å². The van der Waals surface area contributed by atoms with Crippen LogP contribution in [0.2, 0.25) is 0 Å². The maximum Gasteiger partial charge on any atom is 0.241 e. The molecule has 0 aromatic rings. The Hall–Kier alpha value is -1.10. The molecule has 2 aliphatic heterocycles. The Morgan fingerprint density at radius 3 is 2.79 bits per heavy atom. The SMILES string of the molecule is CN1CCCN(C(=O)C2CC23CCNCC3)CC1=O. The van der Waals surface area contributed by atoms with Crippen molar-refractivity contribution in [1.29, 1.82) is 0 Å². The summed E-state index contributed by atoms with van der Waals surface area (Å²) in [7, 11) is 1.82. The highest BCUT2D eigenvalue weighted by atomic mass is 16.2. The second-order valence-electron chi connectivity index (χ2n) is 6.30. The number of piperidine rings is 1. The van der Waals surface area contributed by atoms with Gasteiger partial charge in [-0.25, -0.2) is 0 Å². The zero-order valence-corrected chi connectivity index (χ0v) is 11.7. The third kappa shape index (κ3) is 2.36. The molecule has 1 unspecified atom stereocenters. The molecule has 0 bridgehead atoms. The minimum atomic E-state index is 0.0749. The first kappa shape index (κ1) is 12.9. The highest BCUT2D eigenvalue weighted by Crippen LogP contribution is 2.59. The van der Waals surface area contributed by atoms with E-state index >= 15 is 0 Å². The zero-order valence-electron chi connectivity index (χ0n) is 11.7. The Labute approximate surface area is 114 Å². The number of nitrogens with one attached hydrogen (secondary N) is 1. The van der Waals surface area contributed by atoms with E-state index in [-0.39, 0.29) is 29.7 Å². The second-order valence-corrected chi connectivity index (χ2v) is 6.30. The van der Waals surface area contributed by atoms with Gasteiger partial charge in [-0.05, 0) is 44.2 Å². The third-order valence-electron chi connectivity index (χ3n) is 5.07. The van der Waals surface area contributed by atoms with Gasteiger partial charge in [0.05, 0.1) is 6.54 Å². The standard InChI is InChI=1S/C14H23N3O2/c1-16-7-2-8-17(10-12(16)18)13(19)11-9-14(11)3-5-15-6-4-14/h11,15H,2-10H2,1H3. The van der Waals surface area contributed by atoms with Crippen LogP contribution in [0.1, 0.15) is 25.7 Å². The van der Waals surface area contributed by atoms with E-state index in [2.05, 4.69) is 5.32 Å². The van der Waals surface area contributed by atoms with Crippen LogP contribution >= 0.6 is 0 Å². The maximum absolute atomic E-state index is 12.6. The summed E-state index contributed by atoms with van der Waals surface area (Å²) in [5.41, 5.74) is 0.267. The van der Waals surface area contributed by atoms with Gasteiger partial charge in [-0.1, -0.05) is 0 Å². The lowest BCUT2D eigenvalue weighted by Crippen LogP contribution is -2.40. The molecule has 5 nitrogen and oxygen atoms in total. The molecule has 1 N–H and O–H groups in total. The van der Waals surface area contributed by atoms with Crippen LogP contribution in [0.25, 0.3) is 0 Å². The van der Waals surface area contributed by atoms with Gasteiger partial charge >= 0.3 is 0 Å². The molecule has 0 radical (unpaired) electrons. The van der Waals surface area contributed by atoms with Gasteiger partial charge in [0, 0.05) is 26.1 Å². The summed E-state index contributed by atoms with van der Waals surface area (Å²) in [6.07, 6.45) is 4.17. The van der Waals surface area contributed by atoms with Crippen molar-refractivity contribution in [2.24, 2.45) is 11.3 Å². The van der Waals surface area contributed by atoms with Gasteiger partial charge in [0.25, 0.3) is 0 Å². The van der Waals surface area contributed by atoms with Crippen molar-refractivity contribution in [3.05, 3.63) is 0 Å². The molecule has 1 atom stereocenters. The van der Waals surface area contributed by atoms with Gasteiger partial charge in [0.1, 0.15) is 0 Å². The van der Waals surface area contributed by atoms with Crippen molar-refractivity contribution in [2.45, 2.75) is 25.7 Å². The molecule has 5 heteroatoms. The molecule has 19 heavy (non-hydrogen) atoms. The van der Waals surface area contributed by atoms with Crippen molar-refractivity contribution in [2.75, 3.05) is 39.8 Å². The summed E-state index contributed by atoms with van der Waals surface area (Å²) >= 11 is 0. The third-order valence-corrected chi connectivity index (χ3v) is 5.07. The van der Waals surface area contributed by atoms with E-state index in [0.717, 1.165) is 51.9 Å². The van der Waals surface area contributed by atoms with E-state index in [9.17, 15) is 9.59 Å². The Kier molecular flexibility index (Phi) is 3.25. The van der Waals surface area contributed by atoms with Crippen molar-refractivity contribution >= 4 is 11.8 Å². The zero-order chi connectivity index (χ0) is 13.5. The lowest BCUT2D eigenvalue weighted by Gasteiger charge is -2.26. The fourth-order valence-electron chi connectivity index (χ4n) is 3.57. The topological polar surface area (TPSA) is 52.6 Å². The number of likely N-dealkylation sites (N-methyl/N-ethyl adjacent to an activating group) is 1. The first-order chi connectivity index (χ1) is 9.12. The van der Waals surface area contributed by atoms with Gasteiger partial charge in [-0.3, -0.25) is 9.59 Å². The summed E-state index contributed by atoms with van der Waals surface area (Å²) in [4.78, 5) is 28.0. The van der Waals surface area contributed by atoms with Gasteiger partial charge < -0.3 is 15.1 Å². The predicted molar refractivity (Wildman–Crippen MR) is 71.5 cm³/mol. The van der Waals surface area contributed by atoms with Gasteiger partial charge in [-0.15, -0.1) is 0 Å². The number of rotatable bonds is 1. The van der Waals surface area contributed by atoms with Gasteiger partial charge in [-0.2, -0.15) is 0 Å². The Morgan fingerprint density at radius 1 is 1.32 bits per heavy atom. The number of amides is 2. The molecular formula is C14H23N3O2. The Bertz CT molecular complexity index is 390. The first-order valence-corrected chi connectivity index (χ1v) is 7.36. The number of carbonyl (C=O) groups excluding carboxylic acids is 2. The normalized spacial score (nSPS) is 30.4. The van der Waals surface area contributed by atoms with Crippen LogP contribution in [0.4, 0.5) is 0 Å². The highest BCUT2D eigenvalue weighted by molar-refractivity contribution is 5.88. The quantitative estimate of drug-likeness (QED) is 0.730. The lowest BCUT2D eigenvalue weighted by molar-refractivity contribution is -0.139. The summed E-state index contributed by atoms with van der Waals surface area (Å²) in [5, 5.41) is 3.36. The van der Waals surface area contributed by atoms with Crippen LogP contribution in [-0.4, -0.2) is 61.4 Å². The molecule has 3 fully saturated rings. The number of nitrogens with zero attached hydrogens (tertiary/aromatic N) is 2. The monoisotopic (exact) mass is 265 g/mol. The van der Waals surface area contributed by atoms with Crippen LogP contribution in [0.5, 0.6) is 0 Å². The van der Waals surface area contributed by atoms with Crippen LogP contribution in [0, 0.1) is 11.3 Å². The fraction of sp³-hybridized carbons (Fsp3) is 0.857. The largest absolute Gasteiger partial charge is 0.344 e. The van der Waals surface area contributed by atoms with E-state index in [1.165, 1.54) is 0 Å². The molecule has 0 aromatic carbocycles. The Balaban J connectivity index is 1.63. The van der Waals surface area contributed by atoms with Crippen LogP contribution in [0.3, 0.4) is 0 Å². The van der Waals surface area contributed by atoms with Gasteiger partial charge in [0.15, 0.2) is 0 Å².